The number of nitrogens with two attached hydrogens (primary N) is 1. The minimum absolute atomic E-state index is 0.144. The van der Waals surface area contributed by atoms with Crippen LogP contribution in [0.1, 0.15) is 27.2 Å². The van der Waals surface area contributed by atoms with E-state index in [2.05, 4.69) is 13.8 Å². The Kier molecular flexibility index (Phi) is 4.27. The van der Waals surface area contributed by atoms with Crippen LogP contribution in [0.15, 0.2) is 23.3 Å². The number of nitrogens with one attached hydrogen (secondary N) is 1. The molecule has 0 radical (unpaired) electrons. The van der Waals surface area contributed by atoms with Crippen LogP contribution >= 0.6 is 0 Å². The largest absolute Gasteiger partial charge is 0.384 e. The molecule has 11 heavy (non-hydrogen) atoms. The third kappa shape index (κ3) is 4.37. The zero-order valence-electron chi connectivity index (χ0n) is 7.44. The van der Waals surface area contributed by atoms with Crippen LogP contribution in [-0.4, -0.2) is 5.84 Å². The molecule has 3 N–H and O–H groups in total. The van der Waals surface area contributed by atoms with Gasteiger partial charge in [-0.1, -0.05) is 24.6 Å². The number of rotatable bonds is 3. The van der Waals surface area contributed by atoms with E-state index in [1.54, 1.807) is 0 Å². The average Bonchev–Trinajstić information content (AvgIpc) is 1.99. The molecule has 0 saturated heterocycles. The third-order valence-corrected chi connectivity index (χ3v) is 1.60. The fourth-order valence-electron chi connectivity index (χ4n) is 0.475. The number of hydrogen-bond donors (Lipinski definition) is 2. The Hall–Kier alpha value is -1.05. The van der Waals surface area contributed by atoms with Crippen molar-refractivity contribution < 1.29 is 0 Å². The summed E-state index contributed by atoms with van der Waals surface area (Å²) in [4.78, 5) is 0. The van der Waals surface area contributed by atoms with Gasteiger partial charge in [-0.05, 0) is 25.8 Å². The van der Waals surface area contributed by atoms with Crippen molar-refractivity contribution in [1.29, 1.82) is 5.41 Å². The normalized spacial score (nSPS) is 13.4. The summed E-state index contributed by atoms with van der Waals surface area (Å²) >= 11 is 0. The summed E-state index contributed by atoms with van der Waals surface area (Å²) in [5, 5.41) is 7.08. The Labute approximate surface area is 68.3 Å². The van der Waals surface area contributed by atoms with Crippen molar-refractivity contribution in [2.24, 2.45) is 5.73 Å². The van der Waals surface area contributed by atoms with Crippen molar-refractivity contribution in [3.05, 3.63) is 23.3 Å². The second kappa shape index (κ2) is 4.72. The fourth-order valence-corrected chi connectivity index (χ4v) is 0.475. The van der Waals surface area contributed by atoms with Crippen LogP contribution in [-0.2, 0) is 0 Å². The molecule has 0 fully saturated rings. The van der Waals surface area contributed by atoms with Crippen LogP contribution in [0.3, 0.4) is 0 Å². The molecule has 0 aliphatic carbocycles. The molecule has 0 heterocycles. The number of allylic oxidation sites excluding steroid dienone is 3. The van der Waals surface area contributed by atoms with Crippen molar-refractivity contribution >= 4 is 5.84 Å². The summed E-state index contributed by atoms with van der Waals surface area (Å²) in [7, 11) is 0. The summed E-state index contributed by atoms with van der Waals surface area (Å²) in [6.45, 7) is 5.99. The quantitative estimate of drug-likeness (QED) is 0.363. The Balaban J connectivity index is 4.22. The first-order valence-corrected chi connectivity index (χ1v) is 3.76. The van der Waals surface area contributed by atoms with E-state index in [0.29, 0.717) is 0 Å². The smallest absolute Gasteiger partial charge is 0.118 e. The Morgan fingerprint density at radius 2 is 1.91 bits per heavy atom. The van der Waals surface area contributed by atoms with Crippen molar-refractivity contribution in [3.63, 3.8) is 0 Å². The first kappa shape index (κ1) is 9.95. The van der Waals surface area contributed by atoms with Gasteiger partial charge >= 0.3 is 0 Å². The molecule has 0 spiro atoms. The van der Waals surface area contributed by atoms with E-state index in [9.17, 15) is 0 Å². The molecule has 0 bridgehead atoms. The van der Waals surface area contributed by atoms with E-state index in [0.717, 1.165) is 12.0 Å². The van der Waals surface area contributed by atoms with Gasteiger partial charge in [0.2, 0.25) is 0 Å². The zero-order valence-corrected chi connectivity index (χ0v) is 7.44. The molecule has 0 amide bonds. The summed E-state index contributed by atoms with van der Waals surface area (Å²) in [5.41, 5.74) is 7.36. The fraction of sp³-hybridized carbons (Fsp3) is 0.444. The van der Waals surface area contributed by atoms with Gasteiger partial charge in [-0.25, -0.2) is 0 Å². The summed E-state index contributed by atoms with van der Waals surface area (Å²) in [6, 6.07) is 0. The highest BCUT2D eigenvalue weighted by Gasteiger charge is 1.88. The van der Waals surface area contributed by atoms with E-state index >= 15 is 0 Å². The Morgan fingerprint density at radius 1 is 1.36 bits per heavy atom. The van der Waals surface area contributed by atoms with Gasteiger partial charge in [-0.2, -0.15) is 0 Å². The van der Waals surface area contributed by atoms with Gasteiger partial charge in [-0.15, -0.1) is 0 Å². The molecule has 2 nitrogen and oxygen atoms in total. The van der Waals surface area contributed by atoms with E-state index in [1.165, 1.54) is 5.57 Å². The van der Waals surface area contributed by atoms with Crippen LogP contribution in [0, 0.1) is 5.41 Å². The van der Waals surface area contributed by atoms with Crippen LogP contribution in [0.25, 0.3) is 0 Å². The molecule has 0 rings (SSSR count). The molecule has 0 unspecified atom stereocenters. The van der Waals surface area contributed by atoms with Crippen molar-refractivity contribution in [2.45, 2.75) is 27.2 Å². The van der Waals surface area contributed by atoms with E-state index < -0.39 is 0 Å². The highest BCUT2D eigenvalue weighted by Crippen LogP contribution is 2.00. The van der Waals surface area contributed by atoms with Gasteiger partial charge in [0, 0.05) is 0 Å². The highest BCUT2D eigenvalue weighted by atomic mass is 14.7. The standard InChI is InChI=1S/C9H16N2/c1-4-7(2)5-6-8(3)9(10)11/h5-6H,4H2,1-3H3,(H3,10,11)/b7-5+,8-6+. The van der Waals surface area contributed by atoms with E-state index in [4.69, 9.17) is 11.1 Å². The second-order valence-electron chi connectivity index (χ2n) is 2.63. The van der Waals surface area contributed by atoms with Crippen LogP contribution in [0.2, 0.25) is 0 Å². The maximum Gasteiger partial charge on any atom is 0.118 e. The summed E-state index contributed by atoms with van der Waals surface area (Å²) in [6.07, 6.45) is 4.92. The minimum Gasteiger partial charge on any atom is -0.384 e. The Bertz CT molecular complexity index is 200. The lowest BCUT2D eigenvalue weighted by atomic mass is 10.2. The molecule has 0 atom stereocenters. The van der Waals surface area contributed by atoms with Crippen molar-refractivity contribution in [2.75, 3.05) is 0 Å². The molecule has 0 aromatic rings. The van der Waals surface area contributed by atoms with E-state index in [-0.39, 0.29) is 5.84 Å². The Morgan fingerprint density at radius 3 is 2.27 bits per heavy atom. The zero-order chi connectivity index (χ0) is 8.85. The van der Waals surface area contributed by atoms with Gasteiger partial charge in [0.25, 0.3) is 0 Å². The first-order valence-electron chi connectivity index (χ1n) is 3.76. The maximum absolute atomic E-state index is 7.08. The summed E-state index contributed by atoms with van der Waals surface area (Å²) < 4.78 is 0. The lowest BCUT2D eigenvalue weighted by molar-refractivity contribution is 1.10. The number of hydrogen-bond acceptors (Lipinski definition) is 1. The van der Waals surface area contributed by atoms with Crippen molar-refractivity contribution in [3.8, 4) is 0 Å². The molecule has 0 aromatic carbocycles. The number of amidine groups is 1. The monoisotopic (exact) mass is 152 g/mol. The molecule has 62 valence electrons. The SMILES string of the molecule is CC/C(C)=C/C=C(\C)C(=N)N. The maximum atomic E-state index is 7.08. The minimum atomic E-state index is 0.144. The molecule has 0 aliphatic rings. The molecule has 0 saturated carbocycles. The van der Waals surface area contributed by atoms with Crippen LogP contribution in [0.5, 0.6) is 0 Å². The molecular formula is C9H16N2. The average molecular weight is 152 g/mol. The topological polar surface area (TPSA) is 49.9 Å². The van der Waals surface area contributed by atoms with Gasteiger partial charge in [0.1, 0.15) is 5.84 Å². The molecule has 0 aliphatic heterocycles. The van der Waals surface area contributed by atoms with E-state index in [1.807, 2.05) is 19.1 Å². The van der Waals surface area contributed by atoms with Crippen LogP contribution in [0.4, 0.5) is 0 Å². The molecule has 0 aromatic heterocycles. The highest BCUT2D eigenvalue weighted by molar-refractivity contribution is 5.93. The molecular weight excluding hydrogens is 136 g/mol. The van der Waals surface area contributed by atoms with Gasteiger partial charge < -0.3 is 5.73 Å². The molecule has 2 heteroatoms. The predicted octanol–water partition coefficient (Wildman–Crippen LogP) is 2.22. The summed E-state index contributed by atoms with van der Waals surface area (Å²) in [5.74, 6) is 0.144. The van der Waals surface area contributed by atoms with Crippen molar-refractivity contribution in [1.82, 2.24) is 0 Å². The first-order chi connectivity index (χ1) is 5.07. The third-order valence-electron chi connectivity index (χ3n) is 1.60. The lowest BCUT2D eigenvalue weighted by Crippen LogP contribution is -2.10. The van der Waals surface area contributed by atoms with Crippen LogP contribution < -0.4 is 5.73 Å². The van der Waals surface area contributed by atoms with Gasteiger partial charge in [0.15, 0.2) is 0 Å². The predicted molar refractivity (Wildman–Crippen MR) is 49.7 cm³/mol. The lowest BCUT2D eigenvalue weighted by Gasteiger charge is -1.94. The second-order valence-corrected chi connectivity index (χ2v) is 2.63. The van der Waals surface area contributed by atoms with Gasteiger partial charge in [-0.3, -0.25) is 5.41 Å². The van der Waals surface area contributed by atoms with Gasteiger partial charge in [0.05, 0.1) is 0 Å².